The van der Waals surface area contributed by atoms with Crippen LogP contribution in [-0.4, -0.2) is 30.5 Å². The summed E-state index contributed by atoms with van der Waals surface area (Å²) in [6.45, 7) is 3.23. The van der Waals surface area contributed by atoms with Crippen molar-refractivity contribution in [3.8, 4) is 0 Å². The van der Waals surface area contributed by atoms with Gasteiger partial charge in [0.2, 0.25) is 5.91 Å². The zero-order valence-electron chi connectivity index (χ0n) is 8.33. The molecule has 1 N–H and O–H groups in total. The molecule has 2 fully saturated rings. The average molecular weight is 218 g/mol. The fourth-order valence-corrected chi connectivity index (χ4v) is 2.19. The maximum absolute atomic E-state index is 11.7. The van der Waals surface area contributed by atoms with Gasteiger partial charge in [-0.2, -0.15) is 0 Å². The maximum Gasteiger partial charge on any atom is 0.223 e. The molecular weight excluding hydrogens is 202 g/mol. The SMILES string of the molecule is CC[C@@H]1C[C@H]1C(=O)NC1COCC1Cl. The number of halogens is 1. The molecule has 0 aromatic heterocycles. The highest BCUT2D eigenvalue weighted by Gasteiger charge is 2.42. The first-order valence-corrected chi connectivity index (χ1v) is 5.68. The normalized spacial score (nSPS) is 41.0. The van der Waals surface area contributed by atoms with Crippen LogP contribution >= 0.6 is 11.6 Å². The summed E-state index contributed by atoms with van der Waals surface area (Å²) in [5, 5.41) is 2.90. The van der Waals surface area contributed by atoms with E-state index in [1.165, 1.54) is 0 Å². The number of alkyl halides is 1. The largest absolute Gasteiger partial charge is 0.378 e. The molecule has 0 bridgehead atoms. The third-order valence-corrected chi connectivity index (χ3v) is 3.55. The van der Waals surface area contributed by atoms with Crippen LogP contribution in [0.3, 0.4) is 0 Å². The monoisotopic (exact) mass is 217 g/mol. The molecule has 3 nitrogen and oxygen atoms in total. The summed E-state index contributed by atoms with van der Waals surface area (Å²) in [6, 6.07) is 0.0160. The summed E-state index contributed by atoms with van der Waals surface area (Å²) >= 11 is 5.98. The molecule has 1 heterocycles. The predicted molar refractivity (Wildman–Crippen MR) is 54.3 cm³/mol. The Kier molecular flexibility index (Phi) is 2.98. The molecule has 2 aliphatic rings. The zero-order valence-corrected chi connectivity index (χ0v) is 9.09. The maximum atomic E-state index is 11.7. The molecule has 14 heavy (non-hydrogen) atoms. The van der Waals surface area contributed by atoms with Gasteiger partial charge in [0.1, 0.15) is 0 Å². The number of ether oxygens (including phenoxy) is 1. The van der Waals surface area contributed by atoms with Gasteiger partial charge in [-0.05, 0) is 12.3 Å². The molecule has 0 radical (unpaired) electrons. The predicted octanol–water partition coefficient (Wildman–Crippen LogP) is 1.15. The van der Waals surface area contributed by atoms with Crippen LogP contribution in [0.1, 0.15) is 19.8 Å². The molecule has 2 unspecified atom stereocenters. The first-order chi connectivity index (χ1) is 6.72. The van der Waals surface area contributed by atoms with E-state index in [1.54, 1.807) is 0 Å². The lowest BCUT2D eigenvalue weighted by molar-refractivity contribution is -0.123. The first kappa shape index (κ1) is 10.2. The molecule has 0 aromatic carbocycles. The molecular formula is C10H16ClNO2. The molecule has 0 spiro atoms. The lowest BCUT2D eigenvalue weighted by atomic mass is 10.2. The fraction of sp³-hybridized carbons (Fsp3) is 0.900. The summed E-state index contributed by atoms with van der Waals surface area (Å²) in [5.74, 6) is 1.01. The molecule has 4 heteroatoms. The summed E-state index contributed by atoms with van der Waals surface area (Å²) in [4.78, 5) is 11.7. The minimum atomic E-state index is -0.0576. The highest BCUT2D eigenvalue weighted by atomic mass is 35.5. The van der Waals surface area contributed by atoms with Crippen molar-refractivity contribution in [2.45, 2.75) is 31.2 Å². The molecule has 0 aromatic rings. The first-order valence-electron chi connectivity index (χ1n) is 5.24. The van der Waals surface area contributed by atoms with Crippen LogP contribution in [0.5, 0.6) is 0 Å². The van der Waals surface area contributed by atoms with E-state index in [9.17, 15) is 4.79 Å². The standard InChI is InChI=1S/C10H16ClNO2/c1-2-6-3-7(6)10(13)12-9-5-14-4-8(9)11/h6-9H,2-5H2,1H3,(H,12,13)/t6-,7-,8?,9?/m1/s1. The van der Waals surface area contributed by atoms with E-state index in [0.717, 1.165) is 12.8 Å². The molecule has 1 aliphatic carbocycles. The van der Waals surface area contributed by atoms with Gasteiger partial charge in [0.25, 0.3) is 0 Å². The van der Waals surface area contributed by atoms with E-state index in [0.29, 0.717) is 19.1 Å². The third kappa shape index (κ3) is 2.04. The van der Waals surface area contributed by atoms with Crippen LogP contribution in [-0.2, 0) is 9.53 Å². The molecule has 4 atom stereocenters. The van der Waals surface area contributed by atoms with Crippen molar-refractivity contribution >= 4 is 17.5 Å². The number of hydrogen-bond donors (Lipinski definition) is 1. The summed E-state index contributed by atoms with van der Waals surface area (Å²) in [6.07, 6.45) is 2.15. The van der Waals surface area contributed by atoms with Crippen LogP contribution in [0.4, 0.5) is 0 Å². The zero-order chi connectivity index (χ0) is 10.1. The van der Waals surface area contributed by atoms with E-state index < -0.39 is 0 Å². The van der Waals surface area contributed by atoms with Crippen molar-refractivity contribution in [3.63, 3.8) is 0 Å². The van der Waals surface area contributed by atoms with Gasteiger partial charge in [-0.3, -0.25) is 4.79 Å². The second-order valence-electron chi connectivity index (χ2n) is 4.18. The second-order valence-corrected chi connectivity index (χ2v) is 4.74. The van der Waals surface area contributed by atoms with Crippen molar-refractivity contribution in [1.82, 2.24) is 5.32 Å². The van der Waals surface area contributed by atoms with E-state index in [4.69, 9.17) is 16.3 Å². The van der Waals surface area contributed by atoms with Crippen LogP contribution in [0.25, 0.3) is 0 Å². The molecule has 1 saturated heterocycles. The lowest BCUT2D eigenvalue weighted by Crippen LogP contribution is -2.41. The van der Waals surface area contributed by atoms with Gasteiger partial charge >= 0.3 is 0 Å². The molecule has 1 saturated carbocycles. The lowest BCUT2D eigenvalue weighted by Gasteiger charge is -2.13. The van der Waals surface area contributed by atoms with Crippen molar-refractivity contribution in [1.29, 1.82) is 0 Å². The highest BCUT2D eigenvalue weighted by molar-refractivity contribution is 6.21. The fourth-order valence-electron chi connectivity index (χ4n) is 1.97. The van der Waals surface area contributed by atoms with Crippen LogP contribution in [0.15, 0.2) is 0 Å². The molecule has 2 rings (SSSR count). The number of rotatable bonds is 3. The quantitative estimate of drug-likeness (QED) is 0.721. The minimum Gasteiger partial charge on any atom is -0.378 e. The van der Waals surface area contributed by atoms with E-state index in [-0.39, 0.29) is 23.2 Å². The van der Waals surface area contributed by atoms with Gasteiger partial charge in [0.05, 0.1) is 24.6 Å². The molecule has 80 valence electrons. The Bertz CT molecular complexity index is 234. The number of nitrogens with one attached hydrogen (secondary N) is 1. The molecule has 1 amide bonds. The highest BCUT2D eigenvalue weighted by Crippen LogP contribution is 2.41. The number of amides is 1. The Morgan fingerprint density at radius 3 is 2.86 bits per heavy atom. The topological polar surface area (TPSA) is 38.3 Å². The van der Waals surface area contributed by atoms with Gasteiger partial charge in [-0.15, -0.1) is 11.6 Å². The Morgan fingerprint density at radius 1 is 1.57 bits per heavy atom. The Morgan fingerprint density at radius 2 is 2.36 bits per heavy atom. The van der Waals surface area contributed by atoms with Crippen LogP contribution in [0.2, 0.25) is 0 Å². The number of carbonyl (C=O) groups is 1. The average Bonchev–Trinajstić information content (AvgIpc) is 2.87. The van der Waals surface area contributed by atoms with Crippen LogP contribution < -0.4 is 5.32 Å². The van der Waals surface area contributed by atoms with Crippen molar-refractivity contribution < 1.29 is 9.53 Å². The Balaban J connectivity index is 1.77. The summed E-state index contributed by atoms with van der Waals surface area (Å²) in [7, 11) is 0. The van der Waals surface area contributed by atoms with Crippen molar-refractivity contribution in [2.75, 3.05) is 13.2 Å². The summed E-state index contributed by atoms with van der Waals surface area (Å²) in [5.41, 5.74) is 0. The van der Waals surface area contributed by atoms with E-state index in [2.05, 4.69) is 12.2 Å². The Hall–Kier alpha value is -0.280. The van der Waals surface area contributed by atoms with Gasteiger partial charge in [0, 0.05) is 5.92 Å². The second kappa shape index (κ2) is 4.07. The summed E-state index contributed by atoms with van der Waals surface area (Å²) < 4.78 is 5.18. The van der Waals surface area contributed by atoms with E-state index in [1.807, 2.05) is 0 Å². The van der Waals surface area contributed by atoms with Gasteiger partial charge in [0.15, 0.2) is 0 Å². The van der Waals surface area contributed by atoms with E-state index >= 15 is 0 Å². The smallest absolute Gasteiger partial charge is 0.223 e. The van der Waals surface area contributed by atoms with Crippen molar-refractivity contribution in [3.05, 3.63) is 0 Å². The van der Waals surface area contributed by atoms with Gasteiger partial charge < -0.3 is 10.1 Å². The molecule has 1 aliphatic heterocycles. The number of carbonyl (C=O) groups excluding carboxylic acids is 1. The number of hydrogen-bond acceptors (Lipinski definition) is 2. The minimum absolute atomic E-state index is 0.0160. The van der Waals surface area contributed by atoms with Gasteiger partial charge in [-0.1, -0.05) is 13.3 Å². The van der Waals surface area contributed by atoms with Crippen molar-refractivity contribution in [2.24, 2.45) is 11.8 Å². The third-order valence-electron chi connectivity index (χ3n) is 3.12. The van der Waals surface area contributed by atoms with Crippen LogP contribution in [0, 0.1) is 11.8 Å². The Labute approximate surface area is 89.1 Å². The van der Waals surface area contributed by atoms with Gasteiger partial charge in [-0.25, -0.2) is 0 Å².